The van der Waals surface area contributed by atoms with Crippen LogP contribution in [0.2, 0.25) is 0 Å². The van der Waals surface area contributed by atoms with Crippen molar-refractivity contribution in [3.8, 4) is 0 Å². The Morgan fingerprint density at radius 2 is 1.48 bits per heavy atom. The third-order valence-electron chi connectivity index (χ3n) is 6.12. The highest BCUT2D eigenvalue weighted by atomic mass is 16.4. The number of benzene rings is 3. The number of amides is 1. The Kier molecular flexibility index (Phi) is 6.89. The van der Waals surface area contributed by atoms with Gasteiger partial charge in [-0.2, -0.15) is 0 Å². The van der Waals surface area contributed by atoms with Crippen LogP contribution in [-0.4, -0.2) is 30.1 Å². The summed E-state index contributed by atoms with van der Waals surface area (Å²) >= 11 is 0. The SMILES string of the molecule is NC(=O)C(/C(=C/c1ccccc1)c1ccccc1N1CCCCC1)c1ccc(C(=O)O)cc1. The number of piperidine rings is 1. The van der Waals surface area contributed by atoms with Crippen LogP contribution >= 0.6 is 0 Å². The van der Waals surface area contributed by atoms with Crippen molar-refractivity contribution in [2.45, 2.75) is 25.2 Å². The van der Waals surface area contributed by atoms with Crippen molar-refractivity contribution in [2.75, 3.05) is 18.0 Å². The Morgan fingerprint density at radius 1 is 0.848 bits per heavy atom. The second-order valence-corrected chi connectivity index (χ2v) is 8.34. The van der Waals surface area contributed by atoms with Crippen LogP contribution in [0.25, 0.3) is 11.6 Å². The first-order valence-electron chi connectivity index (χ1n) is 11.3. The molecule has 1 atom stereocenters. The largest absolute Gasteiger partial charge is 0.478 e. The first-order chi connectivity index (χ1) is 16.0. The van der Waals surface area contributed by atoms with Gasteiger partial charge >= 0.3 is 5.97 Å². The lowest BCUT2D eigenvalue weighted by atomic mass is 9.83. The van der Waals surface area contributed by atoms with Gasteiger partial charge in [0, 0.05) is 24.3 Å². The molecular formula is C28H28N2O3. The minimum Gasteiger partial charge on any atom is -0.478 e. The number of hydrogen-bond acceptors (Lipinski definition) is 3. The molecule has 3 aromatic carbocycles. The Labute approximate surface area is 194 Å². The van der Waals surface area contributed by atoms with Gasteiger partial charge in [-0.25, -0.2) is 4.79 Å². The zero-order valence-electron chi connectivity index (χ0n) is 18.5. The molecule has 0 bridgehead atoms. The minimum absolute atomic E-state index is 0.171. The normalized spacial score (nSPS) is 15.2. The van der Waals surface area contributed by atoms with E-state index in [0.717, 1.165) is 48.3 Å². The van der Waals surface area contributed by atoms with Gasteiger partial charge in [0.1, 0.15) is 0 Å². The van der Waals surface area contributed by atoms with Crippen LogP contribution in [0.3, 0.4) is 0 Å². The lowest BCUT2D eigenvalue weighted by molar-refractivity contribution is -0.118. The maximum atomic E-state index is 12.9. The number of para-hydroxylation sites is 1. The second-order valence-electron chi connectivity index (χ2n) is 8.34. The van der Waals surface area contributed by atoms with Crippen molar-refractivity contribution in [1.29, 1.82) is 0 Å². The van der Waals surface area contributed by atoms with E-state index in [-0.39, 0.29) is 5.56 Å². The van der Waals surface area contributed by atoms with E-state index in [1.54, 1.807) is 12.1 Å². The molecule has 0 aliphatic carbocycles. The zero-order chi connectivity index (χ0) is 23.2. The molecule has 0 saturated carbocycles. The second kappa shape index (κ2) is 10.2. The van der Waals surface area contributed by atoms with Crippen molar-refractivity contribution >= 4 is 29.2 Å². The van der Waals surface area contributed by atoms with Crippen molar-refractivity contribution in [3.05, 3.63) is 101 Å². The molecule has 1 saturated heterocycles. The molecule has 5 heteroatoms. The fourth-order valence-corrected chi connectivity index (χ4v) is 4.49. The highest BCUT2D eigenvalue weighted by molar-refractivity contribution is 6.03. The fourth-order valence-electron chi connectivity index (χ4n) is 4.49. The molecule has 0 radical (unpaired) electrons. The monoisotopic (exact) mass is 440 g/mol. The van der Waals surface area contributed by atoms with E-state index in [2.05, 4.69) is 11.0 Å². The molecule has 1 amide bonds. The van der Waals surface area contributed by atoms with Gasteiger partial charge in [-0.15, -0.1) is 0 Å². The predicted octanol–water partition coefficient (Wildman–Crippen LogP) is 5.18. The number of hydrogen-bond donors (Lipinski definition) is 2. The first-order valence-corrected chi connectivity index (χ1v) is 11.3. The molecule has 1 heterocycles. The van der Waals surface area contributed by atoms with Gasteiger partial charge in [-0.05, 0) is 60.2 Å². The zero-order valence-corrected chi connectivity index (χ0v) is 18.5. The standard InChI is InChI=1S/C28H28N2O3/c29-27(31)26(21-13-15-22(16-14-21)28(32)33)24(19-20-9-3-1-4-10-20)23-11-5-6-12-25(23)30-17-7-2-8-18-30/h1,3-6,9-16,19,26H,2,7-8,17-18H2,(H2,29,31)(H,32,33)/b24-19+. The lowest BCUT2D eigenvalue weighted by Crippen LogP contribution is -2.31. The van der Waals surface area contributed by atoms with Crippen LogP contribution in [0.4, 0.5) is 5.69 Å². The smallest absolute Gasteiger partial charge is 0.335 e. The van der Waals surface area contributed by atoms with E-state index in [4.69, 9.17) is 5.73 Å². The van der Waals surface area contributed by atoms with Gasteiger partial charge in [0.15, 0.2) is 0 Å². The number of carboxylic acids is 1. The third-order valence-corrected chi connectivity index (χ3v) is 6.12. The van der Waals surface area contributed by atoms with E-state index < -0.39 is 17.8 Å². The number of primary amides is 1. The topological polar surface area (TPSA) is 83.6 Å². The average molecular weight is 441 g/mol. The number of nitrogens with two attached hydrogens (primary N) is 1. The first kappa shape index (κ1) is 22.3. The number of carboxylic acid groups (broad SMARTS) is 1. The molecule has 1 fully saturated rings. The summed E-state index contributed by atoms with van der Waals surface area (Å²) in [5.74, 6) is -2.21. The van der Waals surface area contributed by atoms with Crippen molar-refractivity contribution in [2.24, 2.45) is 5.73 Å². The molecule has 1 aliphatic heterocycles. The Hall–Kier alpha value is -3.86. The summed E-state index contributed by atoms with van der Waals surface area (Å²) in [7, 11) is 0. The van der Waals surface area contributed by atoms with E-state index in [9.17, 15) is 14.7 Å². The maximum Gasteiger partial charge on any atom is 0.335 e. The lowest BCUT2D eigenvalue weighted by Gasteiger charge is -2.32. The van der Waals surface area contributed by atoms with Crippen molar-refractivity contribution in [1.82, 2.24) is 0 Å². The molecule has 33 heavy (non-hydrogen) atoms. The molecule has 1 aliphatic rings. The number of rotatable bonds is 7. The predicted molar refractivity (Wildman–Crippen MR) is 132 cm³/mol. The van der Waals surface area contributed by atoms with Crippen LogP contribution < -0.4 is 10.6 Å². The van der Waals surface area contributed by atoms with Gasteiger partial charge in [-0.1, -0.05) is 60.7 Å². The summed E-state index contributed by atoms with van der Waals surface area (Å²) in [6, 6.07) is 24.4. The summed E-state index contributed by atoms with van der Waals surface area (Å²) in [5, 5.41) is 9.28. The molecular weight excluding hydrogens is 412 g/mol. The van der Waals surface area contributed by atoms with Gasteiger partial charge in [0.2, 0.25) is 5.91 Å². The third kappa shape index (κ3) is 5.14. The number of carbonyl (C=O) groups is 2. The number of carbonyl (C=O) groups excluding carboxylic acids is 1. The fraction of sp³-hybridized carbons (Fsp3) is 0.214. The molecule has 3 aromatic rings. The molecule has 3 N–H and O–H groups in total. The van der Waals surface area contributed by atoms with Crippen molar-refractivity contribution < 1.29 is 14.7 Å². The Bertz CT molecular complexity index is 1150. The molecule has 168 valence electrons. The highest BCUT2D eigenvalue weighted by Gasteiger charge is 2.27. The van der Waals surface area contributed by atoms with Crippen LogP contribution in [0.1, 0.15) is 52.2 Å². The number of aromatic carboxylic acids is 1. The summed E-state index contributed by atoms with van der Waals surface area (Å²) in [6.07, 6.45) is 5.53. The number of nitrogens with zero attached hydrogens (tertiary/aromatic N) is 1. The van der Waals surface area contributed by atoms with Crippen LogP contribution in [-0.2, 0) is 4.79 Å². The molecule has 1 unspecified atom stereocenters. The molecule has 0 spiro atoms. The van der Waals surface area contributed by atoms with Gasteiger partial charge < -0.3 is 15.7 Å². The molecule has 4 rings (SSSR count). The van der Waals surface area contributed by atoms with E-state index in [1.807, 2.05) is 54.6 Å². The van der Waals surface area contributed by atoms with Gasteiger partial charge in [0.25, 0.3) is 0 Å². The summed E-state index contributed by atoms with van der Waals surface area (Å²) in [6.45, 7) is 1.95. The Morgan fingerprint density at radius 3 is 2.12 bits per heavy atom. The van der Waals surface area contributed by atoms with Crippen molar-refractivity contribution in [3.63, 3.8) is 0 Å². The molecule has 5 nitrogen and oxygen atoms in total. The van der Waals surface area contributed by atoms with E-state index >= 15 is 0 Å². The summed E-state index contributed by atoms with van der Waals surface area (Å²) < 4.78 is 0. The summed E-state index contributed by atoms with van der Waals surface area (Å²) in [5.41, 5.74) is 10.6. The quantitative estimate of drug-likeness (QED) is 0.496. The van der Waals surface area contributed by atoms with E-state index in [1.165, 1.54) is 18.6 Å². The van der Waals surface area contributed by atoms with Crippen LogP contribution in [0, 0.1) is 0 Å². The highest BCUT2D eigenvalue weighted by Crippen LogP contribution is 2.39. The minimum atomic E-state index is -1.01. The molecule has 0 aromatic heterocycles. The van der Waals surface area contributed by atoms with E-state index in [0.29, 0.717) is 5.56 Å². The Balaban J connectivity index is 1.88. The van der Waals surface area contributed by atoms with Crippen LogP contribution in [0.15, 0.2) is 78.9 Å². The van der Waals surface area contributed by atoms with Gasteiger partial charge in [-0.3, -0.25) is 4.79 Å². The maximum absolute atomic E-state index is 12.9. The number of anilines is 1. The van der Waals surface area contributed by atoms with Gasteiger partial charge in [0.05, 0.1) is 11.5 Å². The average Bonchev–Trinajstić information content (AvgIpc) is 2.85. The summed E-state index contributed by atoms with van der Waals surface area (Å²) in [4.78, 5) is 26.6. The van der Waals surface area contributed by atoms with Crippen LogP contribution in [0.5, 0.6) is 0 Å².